The molecule has 2 rings (SSSR count). The Bertz CT molecular complexity index is 766. The zero-order valence-corrected chi connectivity index (χ0v) is 19.0. The van der Waals surface area contributed by atoms with E-state index in [4.69, 9.17) is 13.9 Å². The van der Waals surface area contributed by atoms with Crippen molar-refractivity contribution in [1.29, 1.82) is 0 Å². The predicted molar refractivity (Wildman–Crippen MR) is 115 cm³/mol. The summed E-state index contributed by atoms with van der Waals surface area (Å²) in [6.45, 7) is 11.3. The third-order valence-electron chi connectivity index (χ3n) is 4.50. The quantitative estimate of drug-likeness (QED) is 0.478. The van der Waals surface area contributed by atoms with Crippen molar-refractivity contribution in [2.75, 3.05) is 7.11 Å². The van der Waals surface area contributed by atoms with Gasteiger partial charge in [-0.2, -0.15) is 0 Å². The van der Waals surface area contributed by atoms with E-state index in [9.17, 15) is 4.79 Å². The third-order valence-corrected chi connectivity index (χ3v) is 5.33. The Morgan fingerprint density at radius 1 is 1.07 bits per heavy atom. The Balaban J connectivity index is 2.32. The van der Waals surface area contributed by atoms with Crippen LogP contribution in [0.2, 0.25) is 13.1 Å². The molecule has 0 bridgehead atoms. The fourth-order valence-corrected chi connectivity index (χ4v) is 3.33. The largest absolute Gasteiger partial charge is 0.478 e. The van der Waals surface area contributed by atoms with Gasteiger partial charge in [0.2, 0.25) is 0 Å². The smallest absolute Gasteiger partial charge is 0.347 e. The molecule has 0 spiro atoms. The third kappa shape index (κ3) is 6.50. The summed E-state index contributed by atoms with van der Waals surface area (Å²) in [6.07, 6.45) is -0.253. The van der Waals surface area contributed by atoms with Crippen LogP contribution < -0.4 is 4.74 Å². The van der Waals surface area contributed by atoms with Gasteiger partial charge in [-0.1, -0.05) is 57.2 Å². The van der Waals surface area contributed by atoms with Crippen LogP contribution in [0, 0.1) is 0 Å². The van der Waals surface area contributed by atoms with E-state index in [1.807, 2.05) is 36.4 Å². The highest BCUT2D eigenvalue weighted by Gasteiger charge is 2.24. The monoisotopic (exact) mass is 400 g/mol. The molecular formula is C23H32O4Si. The van der Waals surface area contributed by atoms with Gasteiger partial charge in [-0.05, 0) is 41.8 Å². The van der Waals surface area contributed by atoms with Crippen LogP contribution in [-0.2, 0) is 32.4 Å². The number of esters is 1. The maximum atomic E-state index is 12.4. The number of carbonyl (C=O) groups is 1. The van der Waals surface area contributed by atoms with Crippen molar-refractivity contribution in [3.8, 4) is 5.75 Å². The van der Waals surface area contributed by atoms with Gasteiger partial charge < -0.3 is 13.9 Å². The summed E-state index contributed by atoms with van der Waals surface area (Å²) in [5.74, 6) is 0.294. The number of methoxy groups -OCH3 is 1. The highest BCUT2D eigenvalue weighted by atomic mass is 28.3. The van der Waals surface area contributed by atoms with E-state index < -0.39 is 15.1 Å². The van der Waals surface area contributed by atoms with Crippen molar-refractivity contribution in [3.05, 3.63) is 65.2 Å². The number of benzene rings is 2. The summed E-state index contributed by atoms with van der Waals surface area (Å²) in [6, 6.07) is 16.0. The Kier molecular flexibility index (Phi) is 7.84. The van der Waals surface area contributed by atoms with Crippen LogP contribution >= 0.6 is 0 Å². The van der Waals surface area contributed by atoms with Crippen molar-refractivity contribution < 1.29 is 18.7 Å². The van der Waals surface area contributed by atoms with Crippen LogP contribution in [0.4, 0.5) is 0 Å². The Labute approximate surface area is 170 Å². The lowest BCUT2D eigenvalue weighted by molar-refractivity contribution is -0.148. The molecule has 1 unspecified atom stereocenters. The molecule has 0 heterocycles. The first-order chi connectivity index (χ1) is 13.2. The van der Waals surface area contributed by atoms with E-state index in [2.05, 4.69) is 46.0 Å². The first-order valence-corrected chi connectivity index (χ1v) is 12.5. The van der Waals surface area contributed by atoms with Gasteiger partial charge in [0.1, 0.15) is 5.75 Å². The maximum absolute atomic E-state index is 12.4. The van der Waals surface area contributed by atoms with Crippen LogP contribution in [0.3, 0.4) is 0 Å². The van der Waals surface area contributed by atoms with Gasteiger partial charge in [0.25, 0.3) is 0 Å². The average Bonchev–Trinajstić information content (AvgIpc) is 2.65. The molecule has 2 aromatic carbocycles. The summed E-state index contributed by atoms with van der Waals surface area (Å²) in [5, 5.41) is 0. The molecule has 0 amide bonds. The number of ether oxygens (including phenoxy) is 2. The van der Waals surface area contributed by atoms with Gasteiger partial charge in [-0.15, -0.1) is 0 Å². The second-order valence-electron chi connectivity index (χ2n) is 8.25. The first-order valence-electron chi connectivity index (χ1n) is 9.74. The van der Waals surface area contributed by atoms with Crippen molar-refractivity contribution >= 4 is 15.0 Å². The highest BCUT2D eigenvalue weighted by molar-refractivity contribution is 6.48. The van der Waals surface area contributed by atoms with Crippen molar-refractivity contribution in [2.45, 2.75) is 58.4 Å². The zero-order chi connectivity index (χ0) is 20.7. The molecule has 0 aliphatic carbocycles. The van der Waals surface area contributed by atoms with Gasteiger partial charge >= 0.3 is 5.97 Å². The van der Waals surface area contributed by atoms with Gasteiger partial charge in [-0.3, -0.25) is 0 Å². The van der Waals surface area contributed by atoms with Crippen LogP contribution in [0.5, 0.6) is 5.75 Å². The van der Waals surface area contributed by atoms with Crippen molar-refractivity contribution in [2.24, 2.45) is 0 Å². The maximum Gasteiger partial charge on any atom is 0.347 e. The Hall–Kier alpha value is -2.11. The standard InChI is InChI=1S/C23H32O4Si/c1-23(2,3)19-12-13-20(18(15-19)16-26-28(5)6)27-21(22(24)25-4)14-17-10-8-7-9-11-17/h7-13,15,21,28H,14,16H2,1-6H3. The molecule has 0 radical (unpaired) electrons. The minimum atomic E-state index is -1.18. The summed E-state index contributed by atoms with van der Waals surface area (Å²) in [7, 11) is 0.206. The van der Waals surface area contributed by atoms with E-state index in [0.717, 1.165) is 11.1 Å². The summed E-state index contributed by atoms with van der Waals surface area (Å²) < 4.78 is 17.1. The minimum absolute atomic E-state index is 0.0222. The number of hydrogen-bond donors (Lipinski definition) is 0. The lowest BCUT2D eigenvalue weighted by Gasteiger charge is -2.24. The van der Waals surface area contributed by atoms with Crippen LogP contribution in [0.25, 0.3) is 0 Å². The van der Waals surface area contributed by atoms with Crippen molar-refractivity contribution in [3.63, 3.8) is 0 Å². The molecule has 4 nitrogen and oxygen atoms in total. The second-order valence-corrected chi connectivity index (χ2v) is 10.7. The lowest BCUT2D eigenvalue weighted by atomic mass is 9.86. The summed E-state index contributed by atoms with van der Waals surface area (Å²) in [5.41, 5.74) is 3.22. The van der Waals surface area contributed by atoms with E-state index >= 15 is 0 Å². The van der Waals surface area contributed by atoms with E-state index in [-0.39, 0.29) is 11.4 Å². The Morgan fingerprint density at radius 2 is 1.75 bits per heavy atom. The fraction of sp³-hybridized carbons (Fsp3) is 0.435. The van der Waals surface area contributed by atoms with Crippen LogP contribution in [0.15, 0.2) is 48.5 Å². The SMILES string of the molecule is COC(=O)C(Cc1ccccc1)Oc1ccc(C(C)(C)C)cc1CO[SiH](C)C. The highest BCUT2D eigenvalue weighted by Crippen LogP contribution is 2.30. The van der Waals surface area contributed by atoms with Crippen molar-refractivity contribution in [1.82, 2.24) is 0 Å². The molecule has 1 atom stereocenters. The van der Waals surface area contributed by atoms with E-state index in [1.165, 1.54) is 12.7 Å². The van der Waals surface area contributed by atoms with E-state index in [0.29, 0.717) is 18.8 Å². The number of hydrogen-bond acceptors (Lipinski definition) is 4. The molecule has 0 N–H and O–H groups in total. The fourth-order valence-electron chi connectivity index (χ4n) is 2.82. The van der Waals surface area contributed by atoms with Crippen LogP contribution in [0.1, 0.15) is 37.5 Å². The summed E-state index contributed by atoms with van der Waals surface area (Å²) >= 11 is 0. The van der Waals surface area contributed by atoms with Gasteiger partial charge in [-0.25, -0.2) is 4.79 Å². The zero-order valence-electron chi connectivity index (χ0n) is 17.8. The molecular weight excluding hydrogens is 368 g/mol. The molecule has 28 heavy (non-hydrogen) atoms. The van der Waals surface area contributed by atoms with Gasteiger partial charge in [0.15, 0.2) is 15.1 Å². The average molecular weight is 401 g/mol. The molecule has 5 heteroatoms. The number of carbonyl (C=O) groups excluding carboxylic acids is 1. The molecule has 0 aromatic heterocycles. The van der Waals surface area contributed by atoms with Gasteiger partial charge in [0, 0.05) is 12.0 Å². The van der Waals surface area contributed by atoms with E-state index in [1.54, 1.807) is 0 Å². The molecule has 152 valence electrons. The first kappa shape index (κ1) is 22.2. The van der Waals surface area contributed by atoms with Gasteiger partial charge in [0.05, 0.1) is 13.7 Å². The topological polar surface area (TPSA) is 44.8 Å². The predicted octanol–water partition coefficient (Wildman–Crippen LogP) is 4.65. The molecule has 0 aliphatic rings. The minimum Gasteiger partial charge on any atom is -0.478 e. The second kappa shape index (κ2) is 9.89. The summed E-state index contributed by atoms with van der Waals surface area (Å²) in [4.78, 5) is 12.4. The Morgan fingerprint density at radius 3 is 2.32 bits per heavy atom. The molecule has 0 saturated carbocycles. The molecule has 0 saturated heterocycles. The normalized spacial score (nSPS) is 12.7. The number of rotatable bonds is 8. The molecule has 0 fully saturated rings. The van der Waals surface area contributed by atoms with Crippen LogP contribution in [-0.4, -0.2) is 28.2 Å². The molecule has 2 aromatic rings. The molecule has 0 aliphatic heterocycles. The lowest BCUT2D eigenvalue weighted by Crippen LogP contribution is -2.31.